The number of nitrogens with zero attached hydrogens (tertiary/aromatic N) is 4. The van der Waals surface area contributed by atoms with Gasteiger partial charge in [-0.1, -0.05) is 0 Å². The van der Waals surface area contributed by atoms with E-state index in [1.54, 1.807) is 0 Å². The van der Waals surface area contributed by atoms with Gasteiger partial charge in [0, 0.05) is 70.1 Å². The van der Waals surface area contributed by atoms with E-state index in [0.29, 0.717) is 12.2 Å². The molecule has 3 N–H and O–H groups in total. The normalized spacial score (nSPS) is 18.0. The topological polar surface area (TPSA) is 91.0 Å². The van der Waals surface area contributed by atoms with E-state index in [1.807, 2.05) is 44.3 Å². The molecule has 0 saturated carbocycles. The minimum absolute atomic E-state index is 0.351. The Labute approximate surface area is 250 Å². The smallest absolute Gasteiger partial charge is 0.138 e. The summed E-state index contributed by atoms with van der Waals surface area (Å²) >= 11 is 0. The Bertz CT molecular complexity index is 1950. The van der Waals surface area contributed by atoms with Crippen LogP contribution in [0, 0.1) is 13.8 Å². The second kappa shape index (κ2) is 10.4. The average Bonchev–Trinajstić information content (AvgIpc) is 3.59. The van der Waals surface area contributed by atoms with Crippen LogP contribution in [0.2, 0.25) is 0 Å². The summed E-state index contributed by atoms with van der Waals surface area (Å²) in [6.07, 6.45) is 4.84. The first-order valence-electron chi connectivity index (χ1n) is 14.9. The Kier molecular flexibility index (Phi) is 6.22. The van der Waals surface area contributed by atoms with Crippen molar-refractivity contribution in [1.82, 2.24) is 19.9 Å². The minimum atomic E-state index is 0.351. The first kappa shape index (κ1) is 25.7. The predicted molar refractivity (Wildman–Crippen MR) is 174 cm³/mol. The van der Waals surface area contributed by atoms with Crippen molar-refractivity contribution in [1.29, 1.82) is 0 Å². The largest absolute Gasteiger partial charge is 0.371 e. The highest BCUT2D eigenvalue weighted by atomic mass is 16.5. The van der Waals surface area contributed by atoms with Crippen LogP contribution in [0.15, 0.2) is 85.1 Å². The van der Waals surface area contributed by atoms with E-state index >= 15 is 0 Å². The summed E-state index contributed by atoms with van der Waals surface area (Å²) in [5, 5.41) is 8.23. The molecule has 2 bridgehead atoms. The molecule has 8 nitrogen and oxygen atoms in total. The lowest BCUT2D eigenvalue weighted by atomic mass is 10.1. The molecule has 2 saturated heterocycles. The van der Waals surface area contributed by atoms with Gasteiger partial charge in [0.15, 0.2) is 0 Å². The molecule has 5 heterocycles. The number of aryl methyl sites for hydroxylation is 2. The number of anilines is 5. The minimum Gasteiger partial charge on any atom is -0.371 e. The quantitative estimate of drug-likeness (QED) is 0.190. The zero-order valence-corrected chi connectivity index (χ0v) is 24.3. The van der Waals surface area contributed by atoms with Crippen LogP contribution in [0.1, 0.15) is 24.2 Å². The van der Waals surface area contributed by atoms with Gasteiger partial charge in [-0.05, 0) is 106 Å². The van der Waals surface area contributed by atoms with Crippen molar-refractivity contribution in [2.45, 2.75) is 38.9 Å². The van der Waals surface area contributed by atoms with E-state index in [1.165, 1.54) is 5.69 Å². The van der Waals surface area contributed by atoms with Gasteiger partial charge in [-0.3, -0.25) is 9.97 Å². The fourth-order valence-electron chi connectivity index (χ4n) is 6.35. The number of fused-ring (bicyclic) bond motifs is 4. The first-order chi connectivity index (χ1) is 21.0. The summed E-state index contributed by atoms with van der Waals surface area (Å²) in [6, 6.07) is 27.3. The molecule has 2 unspecified atom stereocenters. The zero-order chi connectivity index (χ0) is 28.9. The van der Waals surface area contributed by atoms with E-state index in [9.17, 15) is 0 Å². The number of morpholine rings is 1. The van der Waals surface area contributed by atoms with Crippen LogP contribution in [-0.4, -0.2) is 45.2 Å². The van der Waals surface area contributed by atoms with Crippen LogP contribution >= 0.6 is 0 Å². The predicted octanol–water partition coefficient (Wildman–Crippen LogP) is 7.64. The summed E-state index contributed by atoms with van der Waals surface area (Å²) in [6.45, 7) is 5.94. The molecule has 6 aromatic rings. The number of imidazole rings is 1. The molecule has 0 radical (unpaired) electrons. The molecule has 2 aliphatic rings. The number of hydrogen-bond donors (Lipinski definition) is 3. The van der Waals surface area contributed by atoms with Gasteiger partial charge in [0.2, 0.25) is 0 Å². The Hall–Kier alpha value is -4.95. The lowest BCUT2D eigenvalue weighted by Gasteiger charge is -2.34. The Balaban J connectivity index is 1.03. The van der Waals surface area contributed by atoms with Crippen molar-refractivity contribution in [3.05, 3.63) is 96.4 Å². The summed E-state index contributed by atoms with van der Waals surface area (Å²) in [5.74, 6) is 0.841. The molecule has 214 valence electrons. The standard InChI is InChI=1S/C35H33N7O/c1-21-15-26(13-14-36-21)38-25-7-11-32-34(17-25)41-35(40-32)23-3-5-24(6-4-23)39-33-16-22(2)37-31-12-8-27(18-30(31)33)42-19-28-9-10-29(20-42)43-28/h3-8,11-18,28-29H,9-10,19-20H2,1-2H3,(H,36,38)(H,37,39)(H,40,41). The number of pyridine rings is 2. The van der Waals surface area contributed by atoms with Crippen molar-refractivity contribution in [2.24, 2.45) is 0 Å². The van der Waals surface area contributed by atoms with Gasteiger partial charge >= 0.3 is 0 Å². The van der Waals surface area contributed by atoms with E-state index < -0.39 is 0 Å². The zero-order valence-electron chi connectivity index (χ0n) is 24.3. The van der Waals surface area contributed by atoms with E-state index in [2.05, 4.69) is 80.1 Å². The first-order valence-corrected chi connectivity index (χ1v) is 14.9. The molecular formula is C35H33N7O. The maximum Gasteiger partial charge on any atom is 0.138 e. The molecule has 3 aromatic carbocycles. The van der Waals surface area contributed by atoms with Gasteiger partial charge in [0.25, 0.3) is 0 Å². The molecule has 2 aliphatic heterocycles. The fourth-order valence-corrected chi connectivity index (χ4v) is 6.35. The average molecular weight is 568 g/mol. The number of nitrogens with one attached hydrogen (secondary N) is 3. The lowest BCUT2D eigenvalue weighted by Crippen LogP contribution is -2.42. The van der Waals surface area contributed by atoms with Gasteiger partial charge in [-0.25, -0.2) is 4.98 Å². The summed E-state index contributed by atoms with van der Waals surface area (Å²) in [5.41, 5.74) is 11.2. The summed E-state index contributed by atoms with van der Waals surface area (Å²) in [4.78, 5) is 19.9. The van der Waals surface area contributed by atoms with Crippen molar-refractivity contribution < 1.29 is 4.74 Å². The van der Waals surface area contributed by atoms with Crippen molar-refractivity contribution in [2.75, 3.05) is 28.6 Å². The van der Waals surface area contributed by atoms with Crippen LogP contribution in [-0.2, 0) is 4.74 Å². The molecule has 8 rings (SSSR count). The van der Waals surface area contributed by atoms with Gasteiger partial charge < -0.3 is 25.3 Å². The lowest BCUT2D eigenvalue weighted by molar-refractivity contribution is 0.0305. The highest BCUT2D eigenvalue weighted by molar-refractivity contribution is 5.95. The number of hydrogen-bond acceptors (Lipinski definition) is 7. The Morgan fingerprint density at radius 3 is 2.33 bits per heavy atom. The molecule has 2 atom stereocenters. The Morgan fingerprint density at radius 1 is 0.744 bits per heavy atom. The van der Waals surface area contributed by atoms with Crippen LogP contribution in [0.5, 0.6) is 0 Å². The van der Waals surface area contributed by atoms with Crippen LogP contribution in [0.25, 0.3) is 33.3 Å². The SMILES string of the molecule is Cc1cc(Nc2ccc3nc(-c4ccc(Nc5cc(C)nc6ccc(N7CC8CCC(C7)O8)cc56)cc4)[nH]c3c2)ccn1. The second-order valence-electron chi connectivity index (χ2n) is 11.7. The van der Waals surface area contributed by atoms with Crippen LogP contribution < -0.4 is 15.5 Å². The summed E-state index contributed by atoms with van der Waals surface area (Å²) < 4.78 is 6.07. The number of aromatic nitrogens is 4. The molecule has 3 aromatic heterocycles. The highest BCUT2D eigenvalue weighted by Gasteiger charge is 2.33. The third-order valence-electron chi connectivity index (χ3n) is 8.43. The van der Waals surface area contributed by atoms with Gasteiger partial charge in [-0.2, -0.15) is 0 Å². The number of rotatable bonds is 6. The highest BCUT2D eigenvalue weighted by Crippen LogP contribution is 2.34. The van der Waals surface area contributed by atoms with Crippen LogP contribution in [0.4, 0.5) is 28.4 Å². The molecule has 0 aliphatic carbocycles. The van der Waals surface area contributed by atoms with Gasteiger partial charge in [0.1, 0.15) is 5.82 Å². The molecule has 43 heavy (non-hydrogen) atoms. The van der Waals surface area contributed by atoms with Crippen LogP contribution in [0.3, 0.4) is 0 Å². The monoisotopic (exact) mass is 567 g/mol. The maximum absolute atomic E-state index is 6.07. The molecular weight excluding hydrogens is 534 g/mol. The third kappa shape index (κ3) is 5.15. The second-order valence-corrected chi connectivity index (χ2v) is 11.7. The van der Waals surface area contributed by atoms with E-state index in [4.69, 9.17) is 14.7 Å². The third-order valence-corrected chi connectivity index (χ3v) is 8.43. The molecule has 0 amide bonds. The number of benzene rings is 3. The number of H-pyrrole nitrogens is 1. The Morgan fingerprint density at radius 2 is 1.51 bits per heavy atom. The number of ether oxygens (including phenoxy) is 1. The van der Waals surface area contributed by atoms with Crippen molar-refractivity contribution in [3.8, 4) is 11.4 Å². The molecule has 0 spiro atoms. The van der Waals surface area contributed by atoms with Gasteiger partial charge in [-0.15, -0.1) is 0 Å². The van der Waals surface area contributed by atoms with Crippen molar-refractivity contribution >= 4 is 50.4 Å². The van der Waals surface area contributed by atoms with Crippen molar-refractivity contribution in [3.63, 3.8) is 0 Å². The van der Waals surface area contributed by atoms with E-state index in [0.717, 1.165) is 93.4 Å². The molecule has 8 heteroatoms. The van der Waals surface area contributed by atoms with E-state index in [-0.39, 0.29) is 0 Å². The maximum atomic E-state index is 6.07. The summed E-state index contributed by atoms with van der Waals surface area (Å²) in [7, 11) is 0. The van der Waals surface area contributed by atoms with Gasteiger partial charge in [0.05, 0.1) is 28.8 Å². The fraction of sp³-hybridized carbons (Fsp3) is 0.229. The molecule has 2 fully saturated rings. The number of aromatic amines is 1.